The Labute approximate surface area is 100.0 Å². The van der Waals surface area contributed by atoms with Crippen molar-refractivity contribution >= 4 is 5.97 Å². The standard InChI is InChI=1S/C12H17NO4/c1-9-6-13(3-2-4-16-9)7-11-5-10(8-17-11)12(14)15/h5,8-9H,2-4,6-7H2,1H3,(H,14,15). The average Bonchev–Trinajstić information content (AvgIpc) is 2.63. The maximum absolute atomic E-state index is 10.7. The molecule has 2 heterocycles. The van der Waals surface area contributed by atoms with Crippen LogP contribution in [0.1, 0.15) is 29.5 Å². The first-order chi connectivity index (χ1) is 8.15. The summed E-state index contributed by atoms with van der Waals surface area (Å²) >= 11 is 0. The van der Waals surface area contributed by atoms with E-state index in [4.69, 9.17) is 14.3 Å². The average molecular weight is 239 g/mol. The number of hydrogen-bond acceptors (Lipinski definition) is 4. The zero-order valence-electron chi connectivity index (χ0n) is 9.89. The first-order valence-electron chi connectivity index (χ1n) is 5.80. The van der Waals surface area contributed by atoms with Gasteiger partial charge in [0.1, 0.15) is 12.0 Å². The highest BCUT2D eigenvalue weighted by Crippen LogP contribution is 2.13. The third-order valence-corrected chi connectivity index (χ3v) is 2.82. The molecule has 1 atom stereocenters. The fraction of sp³-hybridized carbons (Fsp3) is 0.583. The number of furan rings is 1. The maximum Gasteiger partial charge on any atom is 0.338 e. The zero-order valence-corrected chi connectivity index (χ0v) is 9.89. The van der Waals surface area contributed by atoms with Crippen LogP contribution in [0.5, 0.6) is 0 Å². The monoisotopic (exact) mass is 239 g/mol. The number of ether oxygens (including phenoxy) is 1. The molecule has 2 rings (SSSR count). The van der Waals surface area contributed by atoms with E-state index < -0.39 is 5.97 Å². The molecule has 94 valence electrons. The van der Waals surface area contributed by atoms with Crippen LogP contribution in [0.2, 0.25) is 0 Å². The Balaban J connectivity index is 1.96. The molecule has 1 N–H and O–H groups in total. The van der Waals surface area contributed by atoms with Gasteiger partial charge in [0.05, 0.1) is 18.2 Å². The van der Waals surface area contributed by atoms with Gasteiger partial charge < -0.3 is 14.3 Å². The predicted molar refractivity (Wildman–Crippen MR) is 61.0 cm³/mol. The minimum absolute atomic E-state index is 0.208. The Morgan fingerprint density at radius 1 is 1.65 bits per heavy atom. The van der Waals surface area contributed by atoms with Crippen LogP contribution >= 0.6 is 0 Å². The van der Waals surface area contributed by atoms with E-state index in [0.717, 1.165) is 26.1 Å². The number of hydrogen-bond donors (Lipinski definition) is 1. The van der Waals surface area contributed by atoms with Crippen LogP contribution in [0.4, 0.5) is 0 Å². The lowest BCUT2D eigenvalue weighted by molar-refractivity contribution is 0.0658. The van der Waals surface area contributed by atoms with E-state index in [0.29, 0.717) is 12.3 Å². The van der Waals surface area contributed by atoms with Crippen molar-refractivity contribution in [2.45, 2.75) is 26.0 Å². The van der Waals surface area contributed by atoms with E-state index in [1.54, 1.807) is 6.07 Å². The van der Waals surface area contributed by atoms with E-state index >= 15 is 0 Å². The fourth-order valence-corrected chi connectivity index (χ4v) is 2.02. The quantitative estimate of drug-likeness (QED) is 0.867. The first-order valence-corrected chi connectivity index (χ1v) is 5.80. The molecule has 5 heteroatoms. The SMILES string of the molecule is CC1CN(Cc2cc(C(=O)O)co2)CCCO1. The number of rotatable bonds is 3. The third-order valence-electron chi connectivity index (χ3n) is 2.82. The highest BCUT2D eigenvalue weighted by Gasteiger charge is 2.17. The first kappa shape index (κ1) is 12.1. The van der Waals surface area contributed by atoms with Crippen molar-refractivity contribution in [2.24, 2.45) is 0 Å². The molecule has 0 amide bonds. The zero-order chi connectivity index (χ0) is 12.3. The topological polar surface area (TPSA) is 62.9 Å². The second kappa shape index (κ2) is 5.33. The summed E-state index contributed by atoms with van der Waals surface area (Å²) in [6, 6.07) is 1.58. The van der Waals surface area contributed by atoms with Crippen LogP contribution in [0.15, 0.2) is 16.7 Å². The van der Waals surface area contributed by atoms with Crippen LogP contribution < -0.4 is 0 Å². The number of nitrogens with zero attached hydrogens (tertiary/aromatic N) is 1. The van der Waals surface area contributed by atoms with Gasteiger partial charge in [0.25, 0.3) is 0 Å². The van der Waals surface area contributed by atoms with Crippen molar-refractivity contribution in [3.05, 3.63) is 23.7 Å². The summed E-state index contributed by atoms with van der Waals surface area (Å²) in [4.78, 5) is 12.9. The normalized spacial score (nSPS) is 22.3. The molecular formula is C12H17NO4. The molecule has 1 aliphatic rings. The molecule has 1 unspecified atom stereocenters. The van der Waals surface area contributed by atoms with Gasteiger partial charge in [0.15, 0.2) is 0 Å². The molecule has 0 aliphatic carbocycles. The second-order valence-corrected chi connectivity index (χ2v) is 4.38. The Morgan fingerprint density at radius 3 is 3.18 bits per heavy atom. The number of carboxylic acids is 1. The van der Waals surface area contributed by atoms with E-state index in [1.165, 1.54) is 6.26 Å². The van der Waals surface area contributed by atoms with Gasteiger partial charge in [-0.3, -0.25) is 4.90 Å². The van der Waals surface area contributed by atoms with Crippen LogP contribution in [0.3, 0.4) is 0 Å². The van der Waals surface area contributed by atoms with Crippen molar-refractivity contribution in [1.29, 1.82) is 0 Å². The van der Waals surface area contributed by atoms with Gasteiger partial charge >= 0.3 is 5.97 Å². The molecule has 0 saturated carbocycles. The second-order valence-electron chi connectivity index (χ2n) is 4.38. The summed E-state index contributed by atoms with van der Waals surface area (Å²) in [5.74, 6) is -0.260. The molecule has 0 spiro atoms. The van der Waals surface area contributed by atoms with E-state index in [1.807, 2.05) is 6.92 Å². The molecule has 0 bridgehead atoms. The molecule has 0 radical (unpaired) electrons. The summed E-state index contributed by atoms with van der Waals surface area (Å²) in [5, 5.41) is 8.80. The van der Waals surface area contributed by atoms with E-state index in [9.17, 15) is 4.79 Å². The summed E-state index contributed by atoms with van der Waals surface area (Å²) < 4.78 is 10.8. The molecule has 1 saturated heterocycles. The van der Waals surface area contributed by atoms with Crippen molar-refractivity contribution in [1.82, 2.24) is 4.90 Å². The lowest BCUT2D eigenvalue weighted by Gasteiger charge is -2.20. The van der Waals surface area contributed by atoms with E-state index in [-0.39, 0.29) is 11.7 Å². The number of carboxylic acid groups (broad SMARTS) is 1. The lowest BCUT2D eigenvalue weighted by Crippen LogP contribution is -2.29. The van der Waals surface area contributed by atoms with Gasteiger partial charge in [-0.05, 0) is 19.4 Å². The number of aromatic carboxylic acids is 1. The number of carbonyl (C=O) groups is 1. The smallest absolute Gasteiger partial charge is 0.338 e. The van der Waals surface area contributed by atoms with Gasteiger partial charge in [-0.25, -0.2) is 4.79 Å². The molecule has 17 heavy (non-hydrogen) atoms. The minimum atomic E-state index is -0.951. The van der Waals surface area contributed by atoms with Gasteiger partial charge in [-0.15, -0.1) is 0 Å². The molecule has 0 aromatic carbocycles. The molecule has 1 aromatic rings. The van der Waals surface area contributed by atoms with Crippen LogP contribution in [-0.4, -0.2) is 41.8 Å². The van der Waals surface area contributed by atoms with Gasteiger partial charge in [0, 0.05) is 19.7 Å². The van der Waals surface area contributed by atoms with Gasteiger partial charge in [-0.1, -0.05) is 0 Å². The van der Waals surface area contributed by atoms with E-state index in [2.05, 4.69) is 4.90 Å². The summed E-state index contributed by atoms with van der Waals surface area (Å²) in [6.07, 6.45) is 2.50. The van der Waals surface area contributed by atoms with Crippen LogP contribution in [0.25, 0.3) is 0 Å². The molecule has 1 aromatic heterocycles. The fourth-order valence-electron chi connectivity index (χ4n) is 2.02. The minimum Gasteiger partial charge on any atom is -0.478 e. The predicted octanol–water partition coefficient (Wildman–Crippen LogP) is 1.59. The van der Waals surface area contributed by atoms with Crippen molar-refractivity contribution in [3.63, 3.8) is 0 Å². The van der Waals surface area contributed by atoms with Crippen molar-refractivity contribution in [3.8, 4) is 0 Å². The molecule has 1 aliphatic heterocycles. The Morgan fingerprint density at radius 2 is 2.47 bits per heavy atom. The lowest BCUT2D eigenvalue weighted by atomic mass is 10.3. The molecule has 5 nitrogen and oxygen atoms in total. The Bertz CT molecular complexity index is 388. The molecule has 1 fully saturated rings. The summed E-state index contributed by atoms with van der Waals surface area (Å²) in [6.45, 7) is 5.27. The highest BCUT2D eigenvalue weighted by molar-refractivity contribution is 5.87. The van der Waals surface area contributed by atoms with Gasteiger partial charge in [0.2, 0.25) is 0 Å². The largest absolute Gasteiger partial charge is 0.478 e. The third kappa shape index (κ3) is 3.31. The van der Waals surface area contributed by atoms with Crippen molar-refractivity contribution < 1.29 is 19.1 Å². The van der Waals surface area contributed by atoms with Crippen LogP contribution in [0, 0.1) is 0 Å². The highest BCUT2D eigenvalue weighted by atomic mass is 16.5. The van der Waals surface area contributed by atoms with Crippen molar-refractivity contribution in [2.75, 3.05) is 19.7 Å². The molecular weight excluding hydrogens is 222 g/mol. The summed E-state index contributed by atoms with van der Waals surface area (Å²) in [7, 11) is 0. The Kier molecular flexibility index (Phi) is 3.81. The van der Waals surface area contributed by atoms with Gasteiger partial charge in [-0.2, -0.15) is 0 Å². The Hall–Kier alpha value is -1.33. The maximum atomic E-state index is 10.7. The van der Waals surface area contributed by atoms with Crippen LogP contribution in [-0.2, 0) is 11.3 Å². The summed E-state index contributed by atoms with van der Waals surface area (Å²) in [5.41, 5.74) is 0.208.